The van der Waals surface area contributed by atoms with Gasteiger partial charge in [0.05, 0.1) is 12.6 Å². The van der Waals surface area contributed by atoms with Gasteiger partial charge in [-0.2, -0.15) is 0 Å². The molecule has 1 fully saturated rings. The molecule has 27 heavy (non-hydrogen) atoms. The first-order valence-electron chi connectivity index (χ1n) is 8.62. The quantitative estimate of drug-likeness (QED) is 0.844. The van der Waals surface area contributed by atoms with Crippen LogP contribution in [0.2, 0.25) is 0 Å². The largest absolute Gasteiger partial charge is 0.394 e. The Hall–Kier alpha value is -2.77. The zero-order valence-electron chi connectivity index (χ0n) is 14.9. The maximum atomic E-state index is 13.1. The zero-order valence-corrected chi connectivity index (χ0v) is 14.9. The summed E-state index contributed by atoms with van der Waals surface area (Å²) >= 11 is 0. The molecule has 0 radical (unpaired) electrons. The molecular weight excluding hydrogens is 351 g/mol. The number of hydrogen-bond donors (Lipinski definition) is 2. The molecule has 0 aliphatic carbocycles. The number of halogens is 1. The standard InChI is InChI=1S/C20H21FN2O4/c1-13(25)22-17-8-4-15(5-9-17)20-18(11-24)23(19(26)12-27-20)10-14-2-6-16(21)7-3-14/h2-9,18,20,24H,10-12H2,1H3,(H,22,25). The van der Waals surface area contributed by atoms with Gasteiger partial charge in [0.15, 0.2) is 0 Å². The molecule has 3 rings (SSSR count). The summed E-state index contributed by atoms with van der Waals surface area (Å²) in [6, 6.07) is 12.4. The fraction of sp³-hybridized carbons (Fsp3) is 0.300. The molecule has 2 aromatic carbocycles. The number of nitrogens with one attached hydrogen (secondary N) is 1. The number of nitrogens with zero attached hydrogens (tertiary/aromatic N) is 1. The predicted octanol–water partition coefficient (Wildman–Crippen LogP) is 2.25. The second-order valence-corrected chi connectivity index (χ2v) is 6.43. The molecule has 6 nitrogen and oxygen atoms in total. The second kappa shape index (κ2) is 8.28. The fourth-order valence-electron chi connectivity index (χ4n) is 3.17. The molecule has 2 aromatic rings. The van der Waals surface area contributed by atoms with Crippen molar-refractivity contribution >= 4 is 17.5 Å². The van der Waals surface area contributed by atoms with E-state index in [2.05, 4.69) is 5.32 Å². The molecule has 2 amide bonds. The maximum Gasteiger partial charge on any atom is 0.249 e. The third-order valence-corrected chi connectivity index (χ3v) is 4.47. The summed E-state index contributed by atoms with van der Waals surface area (Å²) in [4.78, 5) is 25.0. The van der Waals surface area contributed by atoms with Crippen LogP contribution in [0.1, 0.15) is 24.2 Å². The fourth-order valence-corrected chi connectivity index (χ4v) is 3.17. The Morgan fingerprint density at radius 3 is 2.48 bits per heavy atom. The molecule has 2 N–H and O–H groups in total. The van der Waals surface area contributed by atoms with E-state index in [4.69, 9.17) is 4.74 Å². The molecule has 0 spiro atoms. The number of anilines is 1. The molecule has 1 aliphatic rings. The summed E-state index contributed by atoms with van der Waals surface area (Å²) < 4.78 is 18.8. The summed E-state index contributed by atoms with van der Waals surface area (Å²) in [6.45, 7) is 1.31. The van der Waals surface area contributed by atoms with E-state index in [1.165, 1.54) is 19.1 Å². The topological polar surface area (TPSA) is 78.9 Å². The minimum absolute atomic E-state index is 0.101. The number of benzene rings is 2. The van der Waals surface area contributed by atoms with Gasteiger partial charge in [0.2, 0.25) is 11.8 Å². The molecule has 1 heterocycles. The SMILES string of the molecule is CC(=O)Nc1ccc(C2OCC(=O)N(Cc3ccc(F)cc3)C2CO)cc1. The number of carbonyl (C=O) groups is 2. The minimum atomic E-state index is -0.567. The summed E-state index contributed by atoms with van der Waals surface area (Å²) in [5.41, 5.74) is 2.21. The Morgan fingerprint density at radius 1 is 1.22 bits per heavy atom. The molecule has 0 aromatic heterocycles. The first kappa shape index (κ1) is 19.0. The van der Waals surface area contributed by atoms with Crippen molar-refractivity contribution in [2.24, 2.45) is 0 Å². The van der Waals surface area contributed by atoms with Crippen LogP contribution in [-0.4, -0.2) is 41.1 Å². The number of morpholine rings is 1. The molecule has 1 saturated heterocycles. The van der Waals surface area contributed by atoms with E-state index in [1.54, 1.807) is 41.3 Å². The average Bonchev–Trinajstić information content (AvgIpc) is 2.65. The molecule has 7 heteroatoms. The lowest BCUT2D eigenvalue weighted by Gasteiger charge is -2.40. The van der Waals surface area contributed by atoms with Crippen molar-refractivity contribution in [3.63, 3.8) is 0 Å². The molecule has 2 atom stereocenters. The number of rotatable bonds is 5. The van der Waals surface area contributed by atoms with Crippen molar-refractivity contribution in [3.8, 4) is 0 Å². The highest BCUT2D eigenvalue weighted by molar-refractivity contribution is 5.88. The van der Waals surface area contributed by atoms with Crippen LogP contribution in [0.3, 0.4) is 0 Å². The van der Waals surface area contributed by atoms with E-state index < -0.39 is 12.1 Å². The van der Waals surface area contributed by atoms with E-state index in [0.29, 0.717) is 5.69 Å². The van der Waals surface area contributed by atoms with E-state index in [-0.39, 0.29) is 37.4 Å². The van der Waals surface area contributed by atoms with Gasteiger partial charge in [-0.3, -0.25) is 9.59 Å². The second-order valence-electron chi connectivity index (χ2n) is 6.43. The number of amides is 2. The van der Waals surface area contributed by atoms with Gasteiger partial charge in [0.25, 0.3) is 0 Å². The third-order valence-electron chi connectivity index (χ3n) is 4.47. The Balaban J connectivity index is 1.80. The number of ether oxygens (including phenoxy) is 1. The van der Waals surface area contributed by atoms with E-state index in [1.807, 2.05) is 0 Å². The van der Waals surface area contributed by atoms with E-state index in [9.17, 15) is 19.1 Å². The lowest BCUT2D eigenvalue weighted by atomic mass is 9.98. The summed E-state index contributed by atoms with van der Waals surface area (Å²) in [5, 5.41) is 12.6. The van der Waals surface area contributed by atoms with Crippen molar-refractivity contribution in [2.45, 2.75) is 25.6 Å². The lowest BCUT2D eigenvalue weighted by molar-refractivity contribution is -0.162. The number of aliphatic hydroxyl groups is 1. The monoisotopic (exact) mass is 372 g/mol. The van der Waals surface area contributed by atoms with Crippen LogP contribution < -0.4 is 5.32 Å². The first-order valence-corrected chi connectivity index (χ1v) is 8.62. The van der Waals surface area contributed by atoms with Gasteiger partial charge in [0.1, 0.15) is 18.5 Å². The zero-order chi connectivity index (χ0) is 19.4. The highest BCUT2D eigenvalue weighted by Crippen LogP contribution is 2.31. The van der Waals surface area contributed by atoms with Crippen LogP contribution >= 0.6 is 0 Å². The Kier molecular flexibility index (Phi) is 5.83. The van der Waals surface area contributed by atoms with Crippen molar-refractivity contribution in [2.75, 3.05) is 18.5 Å². The van der Waals surface area contributed by atoms with Crippen LogP contribution in [0.5, 0.6) is 0 Å². The Morgan fingerprint density at radius 2 is 1.89 bits per heavy atom. The molecule has 0 bridgehead atoms. The van der Waals surface area contributed by atoms with Crippen molar-refractivity contribution in [3.05, 3.63) is 65.5 Å². The van der Waals surface area contributed by atoms with Gasteiger partial charge in [-0.15, -0.1) is 0 Å². The minimum Gasteiger partial charge on any atom is -0.394 e. The molecule has 1 aliphatic heterocycles. The first-order chi connectivity index (χ1) is 13.0. The van der Waals surface area contributed by atoms with Gasteiger partial charge in [0, 0.05) is 19.2 Å². The molecule has 142 valence electrons. The van der Waals surface area contributed by atoms with Crippen molar-refractivity contribution < 1.29 is 23.8 Å². The van der Waals surface area contributed by atoms with Gasteiger partial charge >= 0.3 is 0 Å². The highest BCUT2D eigenvalue weighted by Gasteiger charge is 2.37. The van der Waals surface area contributed by atoms with Crippen molar-refractivity contribution in [1.29, 1.82) is 0 Å². The average molecular weight is 372 g/mol. The Bertz CT molecular complexity index is 808. The third kappa shape index (κ3) is 4.50. The lowest BCUT2D eigenvalue weighted by Crippen LogP contribution is -2.52. The summed E-state index contributed by atoms with van der Waals surface area (Å²) in [6.07, 6.45) is -0.500. The van der Waals surface area contributed by atoms with Crippen LogP contribution in [0.15, 0.2) is 48.5 Å². The van der Waals surface area contributed by atoms with Crippen LogP contribution in [0.4, 0.5) is 10.1 Å². The smallest absolute Gasteiger partial charge is 0.249 e. The van der Waals surface area contributed by atoms with Gasteiger partial charge in [-0.25, -0.2) is 4.39 Å². The molecule has 0 saturated carbocycles. The van der Waals surface area contributed by atoms with Crippen LogP contribution in [-0.2, 0) is 20.9 Å². The van der Waals surface area contributed by atoms with Crippen LogP contribution in [0, 0.1) is 5.82 Å². The van der Waals surface area contributed by atoms with Gasteiger partial charge < -0.3 is 20.1 Å². The number of carbonyl (C=O) groups excluding carboxylic acids is 2. The molecular formula is C20H21FN2O4. The van der Waals surface area contributed by atoms with E-state index >= 15 is 0 Å². The number of hydrogen-bond acceptors (Lipinski definition) is 4. The maximum absolute atomic E-state index is 13.1. The predicted molar refractivity (Wildman–Crippen MR) is 97.3 cm³/mol. The highest BCUT2D eigenvalue weighted by atomic mass is 19.1. The van der Waals surface area contributed by atoms with Crippen molar-refractivity contribution in [1.82, 2.24) is 4.90 Å². The van der Waals surface area contributed by atoms with Crippen LogP contribution in [0.25, 0.3) is 0 Å². The summed E-state index contributed by atoms with van der Waals surface area (Å²) in [5.74, 6) is -0.742. The molecule has 2 unspecified atom stereocenters. The number of aliphatic hydroxyl groups excluding tert-OH is 1. The Labute approximate surface area is 156 Å². The van der Waals surface area contributed by atoms with Gasteiger partial charge in [-0.05, 0) is 35.4 Å². The van der Waals surface area contributed by atoms with Gasteiger partial charge in [-0.1, -0.05) is 24.3 Å². The normalized spacial score (nSPS) is 19.8. The van der Waals surface area contributed by atoms with E-state index in [0.717, 1.165) is 11.1 Å². The summed E-state index contributed by atoms with van der Waals surface area (Å²) in [7, 11) is 0.